The molecule has 0 spiro atoms. The van der Waals surface area contributed by atoms with E-state index in [2.05, 4.69) is 34.1 Å². The average molecular weight is 680 g/mol. The number of carbonyl (C=O) groups excluding carboxylic acids is 3. The van der Waals surface area contributed by atoms with E-state index in [9.17, 15) is 22.8 Å². The molecule has 17 heteroatoms. The topological polar surface area (TPSA) is 182 Å². The Labute approximate surface area is 273 Å². The van der Waals surface area contributed by atoms with Crippen LogP contribution in [0.1, 0.15) is 35.3 Å². The van der Waals surface area contributed by atoms with Crippen molar-refractivity contribution in [3.8, 4) is 11.8 Å². The number of amides is 4. The molecule has 1 aromatic carbocycles. The highest BCUT2D eigenvalue weighted by molar-refractivity contribution is 7.90. The van der Waals surface area contributed by atoms with Gasteiger partial charge in [0.05, 0.1) is 31.5 Å². The third kappa shape index (κ3) is 9.98. The lowest BCUT2D eigenvalue weighted by molar-refractivity contribution is -0.117. The van der Waals surface area contributed by atoms with Crippen LogP contribution in [0.5, 0.6) is 11.8 Å². The van der Waals surface area contributed by atoms with E-state index in [1.807, 2.05) is 18.2 Å². The van der Waals surface area contributed by atoms with Crippen LogP contribution < -0.4 is 24.4 Å². The molecule has 2 N–H and O–H groups in total. The van der Waals surface area contributed by atoms with Gasteiger partial charge in [-0.25, -0.2) is 14.5 Å². The lowest BCUT2D eigenvalue weighted by Crippen LogP contribution is -2.36. The highest BCUT2D eigenvalue weighted by Crippen LogP contribution is 2.27. The van der Waals surface area contributed by atoms with Crippen LogP contribution in [0, 0.1) is 0 Å². The minimum absolute atomic E-state index is 0.0371. The summed E-state index contributed by atoms with van der Waals surface area (Å²) in [5.41, 5.74) is 3.05. The van der Waals surface area contributed by atoms with Gasteiger partial charge in [0.25, 0.3) is 15.9 Å². The molecule has 2 heterocycles. The number of rotatable bonds is 12. The number of alkyl halides is 1. The Morgan fingerprint density at radius 2 is 1.52 bits per heavy atom. The molecule has 0 bridgehead atoms. The van der Waals surface area contributed by atoms with Gasteiger partial charge in [0.15, 0.2) is 5.03 Å². The van der Waals surface area contributed by atoms with Crippen LogP contribution in [0.25, 0.3) is 0 Å². The molecule has 2 aromatic heterocycles. The van der Waals surface area contributed by atoms with Gasteiger partial charge in [-0.05, 0) is 36.1 Å². The van der Waals surface area contributed by atoms with Gasteiger partial charge in [-0.1, -0.05) is 32.0 Å². The zero-order valence-electron chi connectivity index (χ0n) is 26.7. The number of nitrogens with zero attached hydrogens (tertiary/aromatic N) is 5. The fourth-order valence-electron chi connectivity index (χ4n) is 4.00. The molecular weight excluding hydrogens is 642 g/mol. The van der Waals surface area contributed by atoms with Gasteiger partial charge in [0.1, 0.15) is 12.6 Å². The van der Waals surface area contributed by atoms with E-state index >= 15 is 0 Å². The normalized spacial score (nSPS) is 10.6. The first-order chi connectivity index (χ1) is 21.9. The SMILES string of the molecule is CCc1cccc(CC)c1N(COC)C(=O)CCl.COc1cc(OC)nc(NC(=O)NS(=O)(=O)c2ncccc2C(=O)N(C)C)n1. The van der Waals surface area contributed by atoms with Crippen LogP contribution in [-0.2, 0) is 32.4 Å². The number of benzene rings is 1. The van der Waals surface area contributed by atoms with Crippen molar-refractivity contribution in [1.82, 2.24) is 24.6 Å². The van der Waals surface area contributed by atoms with Crippen LogP contribution in [0.4, 0.5) is 16.4 Å². The first-order valence-electron chi connectivity index (χ1n) is 13.8. The second kappa shape index (κ2) is 17.8. The summed E-state index contributed by atoms with van der Waals surface area (Å²) < 4.78 is 41.8. The van der Waals surface area contributed by atoms with Crippen LogP contribution in [0.15, 0.2) is 47.6 Å². The minimum atomic E-state index is -4.46. The number of aryl methyl sites for hydroxylation is 2. The Kier molecular flexibility index (Phi) is 14.6. The fraction of sp³-hybridized carbons (Fsp3) is 0.379. The summed E-state index contributed by atoms with van der Waals surface area (Å²) in [6, 6.07) is 9.01. The molecule has 0 saturated heterocycles. The second-order valence-electron chi connectivity index (χ2n) is 9.40. The summed E-state index contributed by atoms with van der Waals surface area (Å²) in [6.45, 7) is 4.39. The number of anilines is 2. The molecule has 4 amide bonds. The zero-order chi connectivity index (χ0) is 34.4. The van der Waals surface area contributed by atoms with Crippen LogP contribution in [0.2, 0.25) is 0 Å². The van der Waals surface area contributed by atoms with Gasteiger partial charge in [-0.15, -0.1) is 11.6 Å². The molecule has 250 valence electrons. The lowest BCUT2D eigenvalue weighted by Gasteiger charge is -2.26. The molecule has 0 radical (unpaired) electrons. The van der Waals surface area contributed by atoms with E-state index in [-0.39, 0.29) is 41.8 Å². The van der Waals surface area contributed by atoms with Gasteiger partial charge < -0.3 is 19.1 Å². The maximum absolute atomic E-state index is 12.5. The number of sulfonamides is 1. The monoisotopic (exact) mass is 679 g/mol. The van der Waals surface area contributed by atoms with E-state index in [0.717, 1.165) is 29.7 Å². The Morgan fingerprint density at radius 1 is 0.935 bits per heavy atom. The number of carbonyl (C=O) groups is 3. The first-order valence-corrected chi connectivity index (χ1v) is 15.8. The number of urea groups is 1. The molecule has 0 fully saturated rings. The number of halogens is 1. The molecule has 0 aliphatic carbocycles. The smallest absolute Gasteiger partial charge is 0.335 e. The number of nitrogens with one attached hydrogen (secondary N) is 2. The van der Waals surface area contributed by atoms with E-state index in [0.29, 0.717) is 0 Å². The van der Waals surface area contributed by atoms with Crippen LogP contribution in [-0.4, -0.2) is 94.2 Å². The Bertz CT molecular complexity index is 1580. The van der Waals surface area contributed by atoms with E-state index in [4.69, 9.17) is 25.8 Å². The zero-order valence-corrected chi connectivity index (χ0v) is 28.2. The van der Waals surface area contributed by atoms with Crippen molar-refractivity contribution in [3.63, 3.8) is 0 Å². The van der Waals surface area contributed by atoms with Crippen molar-refractivity contribution in [1.29, 1.82) is 0 Å². The number of hydrogen-bond acceptors (Lipinski definition) is 11. The predicted molar refractivity (Wildman–Crippen MR) is 172 cm³/mol. The summed E-state index contributed by atoms with van der Waals surface area (Å²) in [5, 5.41) is 1.56. The fourth-order valence-corrected chi connectivity index (χ4v) is 5.18. The molecule has 0 aliphatic rings. The molecule has 3 aromatic rings. The molecule has 0 aliphatic heterocycles. The number of aromatic nitrogens is 3. The number of para-hydroxylation sites is 1. The highest BCUT2D eigenvalue weighted by Gasteiger charge is 2.27. The minimum Gasteiger partial charge on any atom is -0.481 e. The third-order valence-electron chi connectivity index (χ3n) is 6.12. The van der Waals surface area contributed by atoms with Crippen molar-refractivity contribution >= 4 is 51.1 Å². The standard InChI is InChI=1S/C15H18N6O6S.C14H20ClNO2/c1-21(2)13(22)9-6-5-7-16-12(9)28(24,25)20-15(23)19-14-17-10(26-3)8-11(18-14)27-4;1-4-11-7-6-8-12(5-2)14(11)16(10-18-3)13(17)9-15/h5-8H,1-4H3,(H2,17,18,19,20,23);6-8H,4-5,9-10H2,1-3H3. The molecule has 0 atom stereocenters. The van der Waals surface area contributed by atoms with Crippen molar-refractivity contribution in [2.45, 2.75) is 31.7 Å². The quantitative estimate of drug-likeness (QED) is 0.212. The first kappa shape index (κ1) is 37.6. The lowest BCUT2D eigenvalue weighted by atomic mass is 10.0. The molecule has 15 nitrogen and oxygen atoms in total. The van der Waals surface area contributed by atoms with E-state index in [1.54, 1.807) is 16.7 Å². The second-order valence-corrected chi connectivity index (χ2v) is 11.3. The molecule has 0 unspecified atom stereocenters. The molecule has 46 heavy (non-hydrogen) atoms. The summed E-state index contributed by atoms with van der Waals surface area (Å²) in [7, 11) is 2.73. The van der Waals surface area contributed by atoms with Crippen molar-refractivity contribution in [2.75, 3.05) is 58.3 Å². The van der Waals surface area contributed by atoms with Crippen LogP contribution in [0.3, 0.4) is 0 Å². The van der Waals surface area contributed by atoms with Gasteiger partial charge in [0, 0.05) is 27.4 Å². The summed E-state index contributed by atoms with van der Waals surface area (Å²) >= 11 is 5.68. The van der Waals surface area contributed by atoms with Crippen molar-refractivity contribution in [3.05, 3.63) is 59.3 Å². The highest BCUT2D eigenvalue weighted by atomic mass is 35.5. The summed E-state index contributed by atoms with van der Waals surface area (Å²) in [4.78, 5) is 50.5. The Hall–Kier alpha value is -4.54. The molecule has 0 saturated carbocycles. The predicted octanol–water partition coefficient (Wildman–Crippen LogP) is 3.09. The van der Waals surface area contributed by atoms with Crippen molar-refractivity contribution < 1.29 is 37.0 Å². The Balaban J connectivity index is 0.000000353. The van der Waals surface area contributed by atoms with Crippen molar-refractivity contribution in [2.24, 2.45) is 0 Å². The van der Waals surface area contributed by atoms with Crippen LogP contribution >= 0.6 is 11.6 Å². The average Bonchev–Trinajstić information content (AvgIpc) is 3.05. The maximum atomic E-state index is 12.5. The Morgan fingerprint density at radius 3 is 2.00 bits per heavy atom. The number of ether oxygens (including phenoxy) is 3. The van der Waals surface area contributed by atoms with Gasteiger partial charge in [-0.2, -0.15) is 18.4 Å². The summed E-state index contributed by atoms with van der Waals surface area (Å²) in [5.74, 6) is -0.828. The molecular formula is C29H38ClN7O8S. The summed E-state index contributed by atoms with van der Waals surface area (Å²) in [6.07, 6.45) is 2.94. The maximum Gasteiger partial charge on any atom is 0.335 e. The van der Waals surface area contributed by atoms with E-state index in [1.165, 1.54) is 57.6 Å². The van der Waals surface area contributed by atoms with E-state index < -0.39 is 27.0 Å². The van der Waals surface area contributed by atoms with Gasteiger partial charge in [0.2, 0.25) is 23.6 Å². The number of pyridine rings is 1. The number of methoxy groups -OCH3 is 3. The third-order valence-corrected chi connectivity index (χ3v) is 7.64. The molecule has 3 rings (SSSR count). The number of hydrogen-bond donors (Lipinski definition) is 2. The van der Waals surface area contributed by atoms with Gasteiger partial charge in [-0.3, -0.25) is 19.8 Å². The van der Waals surface area contributed by atoms with Gasteiger partial charge >= 0.3 is 6.03 Å². The largest absolute Gasteiger partial charge is 0.481 e.